The van der Waals surface area contributed by atoms with Crippen molar-refractivity contribution in [3.63, 3.8) is 0 Å². The van der Waals surface area contributed by atoms with Gasteiger partial charge < -0.3 is 15.5 Å². The van der Waals surface area contributed by atoms with Crippen LogP contribution >= 0.6 is 11.6 Å². The maximum absolute atomic E-state index is 12.8. The summed E-state index contributed by atoms with van der Waals surface area (Å²) in [6.07, 6.45) is 1.43. The number of carbonyl (C=O) groups is 2. The van der Waals surface area contributed by atoms with Crippen LogP contribution < -0.4 is 15.5 Å². The average molecular weight is 466 g/mol. The highest BCUT2D eigenvalue weighted by molar-refractivity contribution is 6.31. The van der Waals surface area contributed by atoms with Gasteiger partial charge in [0.1, 0.15) is 5.69 Å². The summed E-state index contributed by atoms with van der Waals surface area (Å²) >= 11 is 6.20. The fourth-order valence-electron chi connectivity index (χ4n) is 4.20. The first kappa shape index (κ1) is 22.9. The molecule has 1 saturated heterocycles. The molecular weight excluding hydrogens is 438 g/mol. The number of rotatable bonds is 6. The topological polar surface area (TPSA) is 79.3 Å². The summed E-state index contributed by atoms with van der Waals surface area (Å²) in [6, 6.07) is 17.4. The van der Waals surface area contributed by atoms with Crippen LogP contribution in [0.3, 0.4) is 0 Å². The van der Waals surface area contributed by atoms with Crippen molar-refractivity contribution in [3.05, 3.63) is 70.9 Å². The SMILES string of the molecule is CC(=O)Nc1c(C)nn(-c2ccccc2)c1N1CCC(C(=O)NCc2ccccc2Cl)CC1. The highest BCUT2D eigenvalue weighted by Crippen LogP contribution is 2.35. The van der Waals surface area contributed by atoms with Crippen molar-refractivity contribution in [2.24, 2.45) is 5.92 Å². The number of hydrogen-bond acceptors (Lipinski definition) is 4. The molecule has 0 unspecified atom stereocenters. The number of anilines is 2. The van der Waals surface area contributed by atoms with E-state index in [0.29, 0.717) is 43.2 Å². The average Bonchev–Trinajstić information content (AvgIpc) is 3.14. The number of para-hydroxylation sites is 1. The highest BCUT2D eigenvalue weighted by Gasteiger charge is 2.29. The fraction of sp³-hybridized carbons (Fsp3) is 0.320. The molecule has 2 amide bonds. The molecule has 8 heteroatoms. The third-order valence-corrected chi connectivity index (χ3v) is 6.28. The molecule has 0 aliphatic carbocycles. The van der Waals surface area contributed by atoms with E-state index >= 15 is 0 Å². The molecule has 1 aromatic heterocycles. The molecule has 1 fully saturated rings. The first-order chi connectivity index (χ1) is 15.9. The van der Waals surface area contributed by atoms with E-state index in [9.17, 15) is 9.59 Å². The maximum atomic E-state index is 12.8. The Labute approximate surface area is 198 Å². The van der Waals surface area contributed by atoms with E-state index in [0.717, 1.165) is 22.8 Å². The third kappa shape index (κ3) is 5.20. The van der Waals surface area contributed by atoms with Gasteiger partial charge >= 0.3 is 0 Å². The minimum Gasteiger partial charge on any atom is -0.355 e. The van der Waals surface area contributed by atoms with Crippen LogP contribution in [0.4, 0.5) is 11.5 Å². The van der Waals surface area contributed by atoms with Gasteiger partial charge in [-0.2, -0.15) is 5.10 Å². The second-order valence-electron chi connectivity index (χ2n) is 8.28. The monoisotopic (exact) mass is 465 g/mol. The fourth-order valence-corrected chi connectivity index (χ4v) is 4.40. The van der Waals surface area contributed by atoms with Gasteiger partial charge in [0.2, 0.25) is 11.8 Å². The number of nitrogens with one attached hydrogen (secondary N) is 2. The zero-order valence-electron chi connectivity index (χ0n) is 18.8. The molecule has 0 spiro atoms. The normalized spacial score (nSPS) is 14.2. The Hall–Kier alpha value is -3.32. The Bertz CT molecular complexity index is 1140. The first-order valence-electron chi connectivity index (χ1n) is 11.1. The Morgan fingerprint density at radius 1 is 1.06 bits per heavy atom. The molecule has 172 valence electrons. The molecule has 3 aromatic rings. The number of benzene rings is 2. The van der Waals surface area contributed by atoms with Crippen LogP contribution in [0.2, 0.25) is 5.02 Å². The quantitative estimate of drug-likeness (QED) is 0.568. The van der Waals surface area contributed by atoms with E-state index in [1.165, 1.54) is 6.92 Å². The lowest BCUT2D eigenvalue weighted by molar-refractivity contribution is -0.125. The summed E-state index contributed by atoms with van der Waals surface area (Å²) in [5, 5.41) is 11.3. The largest absolute Gasteiger partial charge is 0.355 e. The molecule has 0 bridgehead atoms. The van der Waals surface area contributed by atoms with Crippen molar-refractivity contribution in [2.75, 3.05) is 23.3 Å². The summed E-state index contributed by atoms with van der Waals surface area (Å²) in [6.45, 7) is 5.19. The van der Waals surface area contributed by atoms with Crippen molar-refractivity contribution in [3.8, 4) is 5.69 Å². The Kier molecular flexibility index (Phi) is 6.99. The van der Waals surface area contributed by atoms with E-state index in [2.05, 4.69) is 15.5 Å². The molecule has 2 N–H and O–H groups in total. The van der Waals surface area contributed by atoms with E-state index < -0.39 is 0 Å². The zero-order valence-corrected chi connectivity index (χ0v) is 19.6. The van der Waals surface area contributed by atoms with Crippen LogP contribution in [0.1, 0.15) is 31.0 Å². The highest BCUT2D eigenvalue weighted by atomic mass is 35.5. The van der Waals surface area contributed by atoms with Crippen LogP contribution in [0.15, 0.2) is 54.6 Å². The van der Waals surface area contributed by atoms with Gasteiger partial charge in [-0.3, -0.25) is 9.59 Å². The maximum Gasteiger partial charge on any atom is 0.223 e. The second kappa shape index (κ2) is 10.1. The van der Waals surface area contributed by atoms with Crippen molar-refractivity contribution in [1.82, 2.24) is 15.1 Å². The van der Waals surface area contributed by atoms with Gasteiger partial charge in [-0.1, -0.05) is 48.0 Å². The molecule has 1 aliphatic heterocycles. The molecule has 2 aromatic carbocycles. The van der Waals surface area contributed by atoms with Crippen LogP contribution in [0, 0.1) is 12.8 Å². The first-order valence-corrected chi connectivity index (χ1v) is 11.5. The Morgan fingerprint density at radius 2 is 1.73 bits per heavy atom. The number of aromatic nitrogens is 2. The van der Waals surface area contributed by atoms with Crippen LogP contribution in [-0.2, 0) is 16.1 Å². The molecular formula is C25H28ClN5O2. The number of aryl methyl sites for hydroxylation is 1. The predicted octanol–water partition coefficient (Wildman–Crippen LogP) is 4.33. The van der Waals surface area contributed by atoms with Gasteiger partial charge in [0.15, 0.2) is 5.82 Å². The minimum atomic E-state index is -0.138. The number of carbonyl (C=O) groups excluding carboxylic acids is 2. The number of halogens is 1. The summed E-state index contributed by atoms with van der Waals surface area (Å²) in [5.41, 5.74) is 3.30. The number of hydrogen-bond donors (Lipinski definition) is 2. The molecule has 0 radical (unpaired) electrons. The van der Waals surface area contributed by atoms with Crippen molar-refractivity contribution >= 4 is 34.9 Å². The Balaban J connectivity index is 1.48. The molecule has 7 nitrogen and oxygen atoms in total. The van der Waals surface area contributed by atoms with Crippen LogP contribution in [0.5, 0.6) is 0 Å². The van der Waals surface area contributed by atoms with Gasteiger partial charge in [-0.05, 0) is 43.5 Å². The van der Waals surface area contributed by atoms with Gasteiger partial charge in [0, 0.05) is 37.5 Å². The van der Waals surface area contributed by atoms with Crippen LogP contribution in [0.25, 0.3) is 5.69 Å². The van der Waals surface area contributed by atoms with Gasteiger partial charge in [-0.25, -0.2) is 4.68 Å². The molecule has 1 aliphatic rings. The van der Waals surface area contributed by atoms with Crippen molar-refractivity contribution < 1.29 is 9.59 Å². The lowest BCUT2D eigenvalue weighted by Crippen LogP contribution is -2.41. The summed E-state index contributed by atoms with van der Waals surface area (Å²) < 4.78 is 1.87. The number of piperidine rings is 1. The summed E-state index contributed by atoms with van der Waals surface area (Å²) in [7, 11) is 0. The van der Waals surface area contributed by atoms with E-state index in [1.54, 1.807) is 0 Å². The Morgan fingerprint density at radius 3 is 2.39 bits per heavy atom. The molecule has 33 heavy (non-hydrogen) atoms. The van der Waals surface area contributed by atoms with E-state index in [1.807, 2.05) is 66.2 Å². The predicted molar refractivity (Wildman–Crippen MR) is 131 cm³/mol. The summed E-state index contributed by atoms with van der Waals surface area (Å²) in [4.78, 5) is 26.9. The lowest BCUT2D eigenvalue weighted by atomic mass is 9.95. The molecule has 0 saturated carbocycles. The molecule has 0 atom stereocenters. The standard InChI is InChI=1S/C25H28ClN5O2/c1-17-23(28-18(2)32)25(31(29-17)21-9-4-3-5-10-21)30-14-12-19(13-15-30)24(33)27-16-20-8-6-7-11-22(20)26/h3-11,19H,12-16H2,1-2H3,(H,27,33)(H,28,32). The van der Waals surface area contributed by atoms with Gasteiger partial charge in [-0.15, -0.1) is 0 Å². The van der Waals surface area contributed by atoms with Crippen molar-refractivity contribution in [2.45, 2.75) is 33.2 Å². The second-order valence-corrected chi connectivity index (χ2v) is 8.69. The van der Waals surface area contributed by atoms with Gasteiger partial charge in [0.05, 0.1) is 11.4 Å². The van der Waals surface area contributed by atoms with Gasteiger partial charge in [0.25, 0.3) is 0 Å². The smallest absolute Gasteiger partial charge is 0.223 e. The van der Waals surface area contributed by atoms with Crippen LogP contribution in [-0.4, -0.2) is 34.7 Å². The van der Waals surface area contributed by atoms with Crippen molar-refractivity contribution in [1.29, 1.82) is 0 Å². The van der Waals surface area contributed by atoms with E-state index in [-0.39, 0.29) is 17.7 Å². The number of nitrogens with zero attached hydrogens (tertiary/aromatic N) is 3. The third-order valence-electron chi connectivity index (χ3n) is 5.91. The molecule has 4 rings (SSSR count). The summed E-state index contributed by atoms with van der Waals surface area (Å²) in [5.74, 6) is 0.691. The molecule has 2 heterocycles. The van der Waals surface area contributed by atoms with E-state index in [4.69, 9.17) is 16.7 Å². The minimum absolute atomic E-state index is 0.0457. The number of amides is 2. The lowest BCUT2D eigenvalue weighted by Gasteiger charge is -2.33. The zero-order chi connectivity index (χ0) is 23.4.